The molecule has 0 aliphatic carbocycles. The van der Waals surface area contributed by atoms with Crippen LogP contribution in [0.1, 0.15) is 0 Å². The third-order valence-electron chi connectivity index (χ3n) is 5.15. The molecule has 1 aliphatic heterocycles. The quantitative estimate of drug-likeness (QED) is 0.325. The normalized spacial score (nSPS) is 12.8. The van der Waals surface area contributed by atoms with Crippen LogP contribution in [0.3, 0.4) is 0 Å². The van der Waals surface area contributed by atoms with Crippen molar-refractivity contribution in [1.29, 1.82) is 0 Å². The Balaban J connectivity index is 1.25. The molecule has 186 valence electrons. The van der Waals surface area contributed by atoms with Crippen molar-refractivity contribution in [3.63, 3.8) is 0 Å². The molecule has 0 atom stereocenters. The van der Waals surface area contributed by atoms with Gasteiger partial charge in [0.25, 0.3) is 15.2 Å². The highest BCUT2D eigenvalue weighted by molar-refractivity contribution is 7.99. The lowest BCUT2D eigenvalue weighted by atomic mass is 10.2. The second-order valence-electron chi connectivity index (χ2n) is 7.61. The van der Waals surface area contributed by atoms with Crippen LogP contribution in [0, 0.1) is 0 Å². The summed E-state index contributed by atoms with van der Waals surface area (Å²) in [6, 6.07) is 16.3. The number of carbonyl (C=O) groups is 1. The van der Waals surface area contributed by atoms with E-state index in [-0.39, 0.29) is 21.8 Å². The van der Waals surface area contributed by atoms with Crippen LogP contribution in [0.25, 0.3) is 11.1 Å². The summed E-state index contributed by atoms with van der Waals surface area (Å²) in [6.45, 7) is 0.947. The van der Waals surface area contributed by atoms with E-state index in [1.165, 1.54) is 25.3 Å². The van der Waals surface area contributed by atoms with Gasteiger partial charge >= 0.3 is 0 Å². The van der Waals surface area contributed by atoms with Crippen LogP contribution in [0.5, 0.6) is 17.2 Å². The predicted octanol–water partition coefficient (Wildman–Crippen LogP) is 4.14. The Morgan fingerprint density at radius 3 is 2.69 bits per heavy atom. The van der Waals surface area contributed by atoms with Crippen LogP contribution in [-0.2, 0) is 14.8 Å². The fraction of sp³-hybridized carbons (Fsp3) is 0.167. The number of rotatable bonds is 8. The summed E-state index contributed by atoms with van der Waals surface area (Å²) in [5, 5.41) is 3.04. The number of para-hydroxylation sites is 2. The number of benzene rings is 3. The maximum atomic E-state index is 12.9. The minimum absolute atomic E-state index is 0.0158. The zero-order valence-corrected chi connectivity index (χ0v) is 20.6. The van der Waals surface area contributed by atoms with E-state index in [1.54, 1.807) is 42.5 Å². The molecule has 1 aliphatic rings. The molecular formula is C24H21N3O7S2. The number of carbonyl (C=O) groups excluding carboxylic acids is 1. The van der Waals surface area contributed by atoms with Gasteiger partial charge < -0.3 is 23.9 Å². The molecule has 4 aromatic rings. The Bertz CT molecular complexity index is 1540. The molecule has 0 saturated carbocycles. The number of ether oxygens (including phenoxy) is 3. The molecule has 0 saturated heterocycles. The summed E-state index contributed by atoms with van der Waals surface area (Å²) in [5.41, 5.74) is 1.66. The molecule has 36 heavy (non-hydrogen) atoms. The third kappa shape index (κ3) is 5.19. The zero-order chi connectivity index (χ0) is 25.1. The minimum Gasteiger partial charge on any atom is -0.495 e. The highest BCUT2D eigenvalue weighted by atomic mass is 32.2. The number of anilines is 2. The largest absolute Gasteiger partial charge is 0.495 e. The van der Waals surface area contributed by atoms with Crippen molar-refractivity contribution in [1.82, 2.24) is 4.98 Å². The van der Waals surface area contributed by atoms with Crippen molar-refractivity contribution < 1.29 is 31.8 Å². The number of thioether (sulfide) groups is 1. The summed E-state index contributed by atoms with van der Waals surface area (Å²) >= 11 is 1.10. The summed E-state index contributed by atoms with van der Waals surface area (Å²) in [4.78, 5) is 16.8. The van der Waals surface area contributed by atoms with Crippen molar-refractivity contribution in [2.24, 2.45) is 0 Å². The van der Waals surface area contributed by atoms with E-state index in [0.717, 1.165) is 11.8 Å². The maximum absolute atomic E-state index is 12.9. The van der Waals surface area contributed by atoms with Gasteiger partial charge in [0.05, 0.1) is 23.4 Å². The number of methoxy groups -OCH3 is 1. The van der Waals surface area contributed by atoms with Gasteiger partial charge in [-0.1, -0.05) is 23.9 Å². The summed E-state index contributed by atoms with van der Waals surface area (Å²) in [7, 11) is -2.43. The van der Waals surface area contributed by atoms with Crippen molar-refractivity contribution in [2.45, 2.75) is 10.1 Å². The molecule has 0 fully saturated rings. The van der Waals surface area contributed by atoms with Gasteiger partial charge in [-0.3, -0.25) is 9.52 Å². The molecule has 2 heterocycles. The molecular weight excluding hydrogens is 506 g/mol. The number of sulfonamides is 1. The van der Waals surface area contributed by atoms with Gasteiger partial charge in [0, 0.05) is 11.8 Å². The Morgan fingerprint density at radius 2 is 1.86 bits per heavy atom. The van der Waals surface area contributed by atoms with E-state index in [2.05, 4.69) is 15.0 Å². The fourth-order valence-electron chi connectivity index (χ4n) is 3.49. The van der Waals surface area contributed by atoms with E-state index in [4.69, 9.17) is 18.6 Å². The van der Waals surface area contributed by atoms with Crippen molar-refractivity contribution in [2.75, 3.05) is 36.1 Å². The van der Waals surface area contributed by atoms with Gasteiger partial charge in [0.2, 0.25) is 5.91 Å². The van der Waals surface area contributed by atoms with Gasteiger partial charge in [0.15, 0.2) is 17.1 Å². The first kappa shape index (κ1) is 23.8. The molecule has 5 rings (SSSR count). The molecule has 1 aromatic heterocycles. The molecule has 2 N–H and O–H groups in total. The molecule has 1 amide bonds. The van der Waals surface area contributed by atoms with Crippen LogP contribution >= 0.6 is 11.8 Å². The first-order valence-electron chi connectivity index (χ1n) is 10.8. The summed E-state index contributed by atoms with van der Waals surface area (Å²) in [6.07, 6.45) is 0. The monoisotopic (exact) mass is 527 g/mol. The molecule has 0 unspecified atom stereocenters. The smallest absolute Gasteiger partial charge is 0.262 e. The van der Waals surface area contributed by atoms with Crippen molar-refractivity contribution in [3.8, 4) is 17.2 Å². The SMILES string of the molecule is COc1ccccc1NS(=O)(=O)c1ccc2oc(SCC(=O)Nc3ccc4c(c3)OCCO4)nc2c1. The lowest BCUT2D eigenvalue weighted by Crippen LogP contribution is -2.17. The average molecular weight is 528 g/mol. The number of amides is 1. The lowest BCUT2D eigenvalue weighted by Gasteiger charge is -2.18. The van der Waals surface area contributed by atoms with E-state index in [0.29, 0.717) is 52.9 Å². The average Bonchev–Trinajstić information content (AvgIpc) is 3.30. The van der Waals surface area contributed by atoms with E-state index < -0.39 is 10.0 Å². The second kappa shape index (κ2) is 9.99. The molecule has 0 bridgehead atoms. The molecule has 0 radical (unpaired) electrons. The molecule has 12 heteroatoms. The highest BCUT2D eigenvalue weighted by Crippen LogP contribution is 2.33. The number of hydrogen-bond donors (Lipinski definition) is 2. The topological polar surface area (TPSA) is 129 Å². The Kier molecular flexibility index (Phi) is 6.61. The highest BCUT2D eigenvalue weighted by Gasteiger charge is 2.19. The number of nitrogens with zero attached hydrogens (tertiary/aromatic N) is 1. The minimum atomic E-state index is -3.90. The maximum Gasteiger partial charge on any atom is 0.262 e. The van der Waals surface area contributed by atoms with Gasteiger partial charge in [-0.05, 0) is 42.5 Å². The number of nitrogens with one attached hydrogen (secondary N) is 2. The van der Waals surface area contributed by atoms with Crippen LogP contribution in [0.15, 0.2) is 75.2 Å². The van der Waals surface area contributed by atoms with Gasteiger partial charge in [-0.15, -0.1) is 0 Å². The Labute approximate surface area is 211 Å². The van der Waals surface area contributed by atoms with Crippen LogP contribution in [-0.4, -0.2) is 45.4 Å². The summed E-state index contributed by atoms with van der Waals surface area (Å²) in [5.74, 6) is 1.40. The van der Waals surface area contributed by atoms with Gasteiger partial charge in [0.1, 0.15) is 24.5 Å². The zero-order valence-electron chi connectivity index (χ0n) is 19.0. The molecule has 3 aromatic carbocycles. The Hall–Kier alpha value is -3.90. The fourth-order valence-corrected chi connectivity index (χ4v) is 5.22. The van der Waals surface area contributed by atoms with Gasteiger partial charge in [-0.2, -0.15) is 0 Å². The van der Waals surface area contributed by atoms with Gasteiger partial charge in [-0.25, -0.2) is 13.4 Å². The van der Waals surface area contributed by atoms with Crippen LogP contribution < -0.4 is 24.2 Å². The lowest BCUT2D eigenvalue weighted by molar-refractivity contribution is -0.113. The predicted molar refractivity (Wildman–Crippen MR) is 135 cm³/mol. The second-order valence-corrected chi connectivity index (χ2v) is 10.2. The van der Waals surface area contributed by atoms with E-state index in [1.807, 2.05) is 0 Å². The first-order valence-corrected chi connectivity index (χ1v) is 13.3. The van der Waals surface area contributed by atoms with E-state index in [9.17, 15) is 13.2 Å². The first-order chi connectivity index (χ1) is 17.4. The van der Waals surface area contributed by atoms with Crippen molar-refractivity contribution in [3.05, 3.63) is 60.7 Å². The number of fused-ring (bicyclic) bond motifs is 2. The van der Waals surface area contributed by atoms with Crippen molar-refractivity contribution >= 4 is 50.2 Å². The Morgan fingerprint density at radius 1 is 1.06 bits per heavy atom. The van der Waals surface area contributed by atoms with E-state index >= 15 is 0 Å². The molecule has 0 spiro atoms. The number of hydrogen-bond acceptors (Lipinski definition) is 9. The number of oxazole rings is 1. The molecule has 10 nitrogen and oxygen atoms in total. The number of aromatic nitrogens is 1. The summed E-state index contributed by atoms with van der Waals surface area (Å²) < 4.78 is 50.2. The third-order valence-corrected chi connectivity index (χ3v) is 7.34. The standard InChI is InChI=1S/C24H21N3O7S2/c1-31-19-5-3-2-4-17(19)27-36(29,30)16-7-9-20-18(13-16)26-24(34-20)35-14-23(28)25-15-6-8-21-22(12-15)33-11-10-32-21/h2-9,12-13,27H,10-11,14H2,1H3,(H,25,28). The van der Waals surface area contributed by atoms with Crippen LogP contribution in [0.4, 0.5) is 11.4 Å². The van der Waals surface area contributed by atoms with Crippen LogP contribution in [0.2, 0.25) is 0 Å².